The number of ether oxygens (including phenoxy) is 1. The van der Waals surface area contributed by atoms with Crippen LogP contribution >= 0.6 is 0 Å². The highest BCUT2D eigenvalue weighted by Crippen LogP contribution is 2.73. The minimum Gasteiger partial charge on any atom is -0.467 e. The van der Waals surface area contributed by atoms with E-state index in [0.29, 0.717) is 5.56 Å². The first-order chi connectivity index (χ1) is 9.27. The molecule has 0 saturated heterocycles. The summed E-state index contributed by atoms with van der Waals surface area (Å²) in [6.07, 6.45) is 0. The van der Waals surface area contributed by atoms with Crippen LogP contribution in [0.4, 0.5) is 0 Å². The lowest BCUT2D eigenvalue weighted by Crippen LogP contribution is -2.60. The normalized spacial score (nSPS) is 38.1. The van der Waals surface area contributed by atoms with Gasteiger partial charge in [0.25, 0.3) is 0 Å². The molecule has 0 spiro atoms. The fourth-order valence-electron chi connectivity index (χ4n) is 4.51. The van der Waals surface area contributed by atoms with Gasteiger partial charge in [0, 0.05) is 10.8 Å². The zero-order chi connectivity index (χ0) is 14.9. The van der Waals surface area contributed by atoms with E-state index in [-0.39, 0.29) is 5.41 Å². The van der Waals surface area contributed by atoms with Gasteiger partial charge in [-0.05, 0) is 25.0 Å². The molecule has 0 fully saturated rings. The van der Waals surface area contributed by atoms with Crippen LogP contribution in [0, 0.1) is 5.41 Å². The number of carbonyl (C=O) groups is 1. The predicted octanol–water partition coefficient (Wildman–Crippen LogP) is 2.67. The van der Waals surface area contributed by atoms with Crippen LogP contribution in [-0.2, 0) is 20.5 Å². The topological polar surface area (TPSA) is 46.5 Å². The Balaban J connectivity index is 2.41. The zero-order valence-electron chi connectivity index (χ0n) is 12.6. The molecule has 1 aromatic rings. The van der Waals surface area contributed by atoms with Crippen LogP contribution in [0.3, 0.4) is 0 Å². The highest BCUT2D eigenvalue weighted by atomic mass is 16.5. The van der Waals surface area contributed by atoms with Gasteiger partial charge in [-0.1, -0.05) is 49.3 Å². The molecule has 3 atom stereocenters. The predicted molar refractivity (Wildman–Crippen MR) is 76.2 cm³/mol. The summed E-state index contributed by atoms with van der Waals surface area (Å²) < 4.78 is 4.93. The molecule has 3 heteroatoms. The highest BCUT2D eigenvalue weighted by Gasteiger charge is 2.75. The molecular weight excluding hydrogens is 252 g/mol. The average Bonchev–Trinajstić information content (AvgIpc) is 2.63. The van der Waals surface area contributed by atoms with Gasteiger partial charge >= 0.3 is 5.97 Å². The van der Waals surface area contributed by atoms with Crippen LogP contribution in [0.25, 0.3) is 0 Å². The lowest BCUT2D eigenvalue weighted by atomic mass is 9.45. The standard InChI is InChI=1S/C17H20O3/c1-10-11(2)16(4)15(10,3)12-8-6-7-9-13(12)17(16,19)14(18)20-5/h6-9,19H,1-5H3/t15-,16-,17+/m0/s1. The Morgan fingerprint density at radius 3 is 2.20 bits per heavy atom. The van der Waals surface area contributed by atoms with E-state index in [1.165, 1.54) is 12.7 Å². The number of allylic oxidation sites excluding steroid dienone is 1. The van der Waals surface area contributed by atoms with Gasteiger partial charge in [-0.15, -0.1) is 0 Å². The van der Waals surface area contributed by atoms with E-state index in [1.54, 1.807) is 0 Å². The van der Waals surface area contributed by atoms with Gasteiger partial charge < -0.3 is 9.84 Å². The Morgan fingerprint density at radius 1 is 1.10 bits per heavy atom. The van der Waals surface area contributed by atoms with Crippen molar-refractivity contribution in [1.29, 1.82) is 0 Å². The summed E-state index contributed by atoms with van der Waals surface area (Å²) in [5.74, 6) is -0.581. The highest BCUT2D eigenvalue weighted by molar-refractivity contribution is 5.88. The monoisotopic (exact) mass is 272 g/mol. The van der Waals surface area contributed by atoms with E-state index in [2.05, 4.69) is 13.8 Å². The van der Waals surface area contributed by atoms with Crippen LogP contribution in [0.15, 0.2) is 35.4 Å². The number of esters is 1. The largest absolute Gasteiger partial charge is 0.467 e. The number of hydrogen-bond acceptors (Lipinski definition) is 3. The minimum atomic E-state index is -1.61. The molecule has 106 valence electrons. The molecule has 0 bridgehead atoms. The van der Waals surface area contributed by atoms with Gasteiger partial charge in [-0.25, -0.2) is 4.79 Å². The molecule has 2 aliphatic rings. The van der Waals surface area contributed by atoms with Crippen LogP contribution < -0.4 is 0 Å². The maximum atomic E-state index is 12.4. The number of methoxy groups -OCH3 is 1. The maximum Gasteiger partial charge on any atom is 0.343 e. The smallest absolute Gasteiger partial charge is 0.343 e. The summed E-state index contributed by atoms with van der Waals surface area (Å²) in [5, 5.41) is 11.3. The summed E-state index contributed by atoms with van der Waals surface area (Å²) in [5.41, 5.74) is 1.41. The number of hydrogen-bond donors (Lipinski definition) is 1. The Morgan fingerprint density at radius 2 is 1.65 bits per heavy atom. The molecule has 0 amide bonds. The van der Waals surface area contributed by atoms with Crippen LogP contribution in [0.2, 0.25) is 0 Å². The van der Waals surface area contributed by atoms with Gasteiger partial charge in [-0.3, -0.25) is 0 Å². The van der Waals surface area contributed by atoms with Crippen molar-refractivity contribution in [3.63, 3.8) is 0 Å². The van der Waals surface area contributed by atoms with E-state index in [0.717, 1.165) is 11.1 Å². The Kier molecular flexibility index (Phi) is 2.36. The zero-order valence-corrected chi connectivity index (χ0v) is 12.6. The first-order valence-electron chi connectivity index (χ1n) is 6.87. The van der Waals surface area contributed by atoms with Crippen molar-refractivity contribution in [2.75, 3.05) is 7.11 Å². The fraction of sp³-hybridized carbons (Fsp3) is 0.471. The van der Waals surface area contributed by atoms with E-state index >= 15 is 0 Å². The number of fused-ring (bicyclic) bond motifs is 3. The second kappa shape index (κ2) is 3.53. The molecule has 1 N–H and O–H groups in total. The van der Waals surface area contributed by atoms with Gasteiger partial charge in [0.15, 0.2) is 5.60 Å². The van der Waals surface area contributed by atoms with Crippen LogP contribution in [-0.4, -0.2) is 18.2 Å². The molecule has 0 saturated carbocycles. The van der Waals surface area contributed by atoms with Crippen molar-refractivity contribution in [2.45, 2.75) is 38.7 Å². The van der Waals surface area contributed by atoms with Crippen molar-refractivity contribution >= 4 is 5.97 Å². The summed E-state index contributed by atoms with van der Waals surface area (Å²) in [6, 6.07) is 7.65. The second-order valence-electron chi connectivity index (χ2n) is 6.25. The summed E-state index contributed by atoms with van der Waals surface area (Å²) >= 11 is 0. The number of benzene rings is 1. The molecule has 3 nitrogen and oxygen atoms in total. The molecule has 0 heterocycles. The quantitative estimate of drug-likeness (QED) is 0.631. The summed E-state index contributed by atoms with van der Waals surface area (Å²) in [7, 11) is 1.33. The van der Waals surface area contributed by atoms with Gasteiger partial charge in [0.05, 0.1) is 7.11 Å². The van der Waals surface area contributed by atoms with E-state index in [4.69, 9.17) is 4.74 Å². The summed E-state index contributed by atoms with van der Waals surface area (Å²) in [4.78, 5) is 12.4. The lowest BCUT2D eigenvalue weighted by molar-refractivity contribution is -0.181. The number of rotatable bonds is 1. The molecule has 0 aromatic heterocycles. The molecule has 3 rings (SSSR count). The molecule has 1 aromatic carbocycles. The van der Waals surface area contributed by atoms with E-state index in [9.17, 15) is 9.90 Å². The molecule has 2 aliphatic carbocycles. The van der Waals surface area contributed by atoms with Crippen molar-refractivity contribution in [3.8, 4) is 0 Å². The third-order valence-electron chi connectivity index (χ3n) is 6.12. The fourth-order valence-corrected chi connectivity index (χ4v) is 4.51. The molecule has 0 unspecified atom stereocenters. The van der Waals surface area contributed by atoms with E-state index < -0.39 is 17.0 Å². The number of aliphatic hydroxyl groups is 1. The average molecular weight is 272 g/mol. The van der Waals surface area contributed by atoms with Gasteiger partial charge in [0.1, 0.15) is 0 Å². The van der Waals surface area contributed by atoms with Gasteiger partial charge in [-0.2, -0.15) is 0 Å². The maximum absolute atomic E-state index is 12.4. The second-order valence-corrected chi connectivity index (χ2v) is 6.25. The SMILES string of the molecule is COC(=O)[C@]1(O)c2ccccc2[C@]2(C)C(C)=C(C)[C@@]21C. The molecular formula is C17H20O3. The molecule has 0 aliphatic heterocycles. The third-order valence-corrected chi connectivity index (χ3v) is 6.12. The lowest BCUT2D eigenvalue weighted by Gasteiger charge is -2.57. The minimum absolute atomic E-state index is 0.323. The van der Waals surface area contributed by atoms with Crippen molar-refractivity contribution < 1.29 is 14.6 Å². The Hall–Kier alpha value is -1.61. The van der Waals surface area contributed by atoms with Crippen LogP contribution in [0.1, 0.15) is 38.8 Å². The first kappa shape index (κ1) is 13.4. The Labute approximate surface area is 119 Å². The van der Waals surface area contributed by atoms with Crippen molar-refractivity contribution in [2.24, 2.45) is 5.41 Å². The summed E-state index contributed by atoms with van der Waals surface area (Å²) in [6.45, 7) is 8.15. The van der Waals surface area contributed by atoms with Gasteiger partial charge in [0.2, 0.25) is 0 Å². The number of carbonyl (C=O) groups excluding carboxylic acids is 1. The first-order valence-corrected chi connectivity index (χ1v) is 6.87. The van der Waals surface area contributed by atoms with Crippen LogP contribution in [0.5, 0.6) is 0 Å². The van der Waals surface area contributed by atoms with E-state index in [1.807, 2.05) is 38.1 Å². The van der Waals surface area contributed by atoms with Crippen molar-refractivity contribution in [3.05, 3.63) is 46.5 Å². The Bertz CT molecular complexity index is 660. The molecule has 0 radical (unpaired) electrons. The van der Waals surface area contributed by atoms with Crippen molar-refractivity contribution in [1.82, 2.24) is 0 Å². The third kappa shape index (κ3) is 0.966. The molecule has 20 heavy (non-hydrogen) atoms.